The molecule has 4 heteroatoms. The number of imidazole rings is 1. The molecule has 1 aromatic heterocycles. The van der Waals surface area contributed by atoms with Crippen molar-refractivity contribution < 1.29 is 4.74 Å². The Labute approximate surface area is 94.9 Å². The molecule has 0 saturated heterocycles. The average Bonchev–Trinajstić information content (AvgIpc) is 2.79. The van der Waals surface area contributed by atoms with Crippen LogP contribution in [0.2, 0.25) is 0 Å². The van der Waals surface area contributed by atoms with Gasteiger partial charge < -0.3 is 10.1 Å². The number of ether oxygens (including phenoxy) is 1. The molecule has 1 N–H and O–H groups in total. The molecule has 16 heavy (non-hydrogen) atoms. The third kappa shape index (κ3) is 2.41. The Hall–Kier alpha value is -1.81. The third-order valence-corrected chi connectivity index (χ3v) is 2.26. The summed E-state index contributed by atoms with van der Waals surface area (Å²) in [6.07, 6.45) is 3.71. The highest BCUT2D eigenvalue weighted by molar-refractivity contribution is 5.41. The van der Waals surface area contributed by atoms with Crippen molar-refractivity contribution in [1.29, 1.82) is 0 Å². The summed E-state index contributed by atoms with van der Waals surface area (Å²) in [5.41, 5.74) is 1.10. The minimum Gasteiger partial charge on any atom is -0.383 e. The lowest BCUT2D eigenvalue weighted by Crippen LogP contribution is -2.11. The Morgan fingerprint density at radius 1 is 1.31 bits per heavy atom. The van der Waals surface area contributed by atoms with Crippen molar-refractivity contribution in [3.8, 4) is 5.69 Å². The lowest BCUT2D eigenvalue weighted by molar-refractivity contribution is 0.210. The molecule has 84 valence electrons. The normalized spacial score (nSPS) is 10.3. The molecule has 4 nitrogen and oxygen atoms in total. The lowest BCUT2D eigenvalue weighted by atomic mass is 10.3. The Morgan fingerprint density at radius 2 is 2.12 bits per heavy atom. The minimum atomic E-state index is 0.668. The number of nitrogens with zero attached hydrogens (tertiary/aromatic N) is 2. The lowest BCUT2D eigenvalue weighted by Gasteiger charge is -2.09. The maximum atomic E-state index is 4.99. The first-order valence-electron chi connectivity index (χ1n) is 5.23. The van der Waals surface area contributed by atoms with E-state index in [2.05, 4.69) is 10.3 Å². The maximum absolute atomic E-state index is 4.99. The number of rotatable bonds is 5. The molecule has 0 bridgehead atoms. The standard InChI is InChI=1S/C12H15N3O/c1-16-10-8-14-12-13-7-9-15(12)11-5-3-2-4-6-11/h2-7,9H,8,10H2,1H3,(H,13,14). The molecule has 1 aromatic carbocycles. The van der Waals surface area contributed by atoms with Crippen LogP contribution in [0.1, 0.15) is 0 Å². The maximum Gasteiger partial charge on any atom is 0.207 e. The van der Waals surface area contributed by atoms with Crippen LogP contribution in [0.3, 0.4) is 0 Å². The molecule has 0 unspecified atom stereocenters. The predicted molar refractivity (Wildman–Crippen MR) is 63.9 cm³/mol. The third-order valence-electron chi connectivity index (χ3n) is 2.26. The fourth-order valence-electron chi connectivity index (χ4n) is 1.50. The van der Waals surface area contributed by atoms with Gasteiger partial charge in [-0.05, 0) is 12.1 Å². The molecular weight excluding hydrogens is 202 g/mol. The zero-order chi connectivity index (χ0) is 11.2. The quantitative estimate of drug-likeness (QED) is 0.778. The van der Waals surface area contributed by atoms with Gasteiger partial charge in [-0.1, -0.05) is 18.2 Å². The van der Waals surface area contributed by atoms with Gasteiger partial charge in [0.15, 0.2) is 0 Å². The van der Waals surface area contributed by atoms with E-state index < -0.39 is 0 Å². The SMILES string of the molecule is COCCNc1nccn1-c1ccccc1. The molecule has 0 fully saturated rings. The number of aromatic nitrogens is 2. The van der Waals surface area contributed by atoms with Gasteiger partial charge >= 0.3 is 0 Å². The van der Waals surface area contributed by atoms with E-state index in [1.807, 2.05) is 41.1 Å². The molecule has 0 radical (unpaired) electrons. The fraction of sp³-hybridized carbons (Fsp3) is 0.250. The van der Waals surface area contributed by atoms with Gasteiger partial charge in [-0.3, -0.25) is 4.57 Å². The Morgan fingerprint density at radius 3 is 2.88 bits per heavy atom. The summed E-state index contributed by atoms with van der Waals surface area (Å²) >= 11 is 0. The van der Waals surface area contributed by atoms with Crippen LogP contribution in [0.15, 0.2) is 42.7 Å². The highest BCUT2D eigenvalue weighted by Gasteiger charge is 2.02. The van der Waals surface area contributed by atoms with Gasteiger partial charge in [0, 0.05) is 31.7 Å². The van der Waals surface area contributed by atoms with E-state index in [0.717, 1.165) is 18.2 Å². The molecule has 0 saturated carbocycles. The zero-order valence-corrected chi connectivity index (χ0v) is 9.26. The number of anilines is 1. The summed E-state index contributed by atoms with van der Waals surface area (Å²) in [6, 6.07) is 10.1. The first-order chi connectivity index (χ1) is 7.92. The first-order valence-corrected chi connectivity index (χ1v) is 5.23. The van der Waals surface area contributed by atoms with Gasteiger partial charge in [-0.15, -0.1) is 0 Å². The topological polar surface area (TPSA) is 39.1 Å². The minimum absolute atomic E-state index is 0.668. The molecule has 0 atom stereocenters. The van der Waals surface area contributed by atoms with Gasteiger partial charge in [0.05, 0.1) is 6.61 Å². The Bertz CT molecular complexity index is 425. The molecule has 2 rings (SSSR count). The number of benzene rings is 1. The zero-order valence-electron chi connectivity index (χ0n) is 9.26. The number of hydrogen-bond acceptors (Lipinski definition) is 3. The van der Waals surface area contributed by atoms with Crippen LogP contribution >= 0.6 is 0 Å². The van der Waals surface area contributed by atoms with E-state index >= 15 is 0 Å². The number of methoxy groups -OCH3 is 1. The van der Waals surface area contributed by atoms with Gasteiger partial charge in [-0.25, -0.2) is 4.98 Å². The molecule has 0 aliphatic carbocycles. The second-order valence-corrected chi connectivity index (χ2v) is 3.38. The number of hydrogen-bond donors (Lipinski definition) is 1. The van der Waals surface area contributed by atoms with Crippen LogP contribution in [-0.4, -0.2) is 29.8 Å². The van der Waals surface area contributed by atoms with E-state index in [9.17, 15) is 0 Å². The smallest absolute Gasteiger partial charge is 0.207 e. The number of nitrogens with one attached hydrogen (secondary N) is 1. The molecule has 0 amide bonds. The Balaban J connectivity index is 2.13. The first kappa shape index (κ1) is 10.7. The van der Waals surface area contributed by atoms with Gasteiger partial charge in [0.2, 0.25) is 5.95 Å². The molecule has 0 aliphatic heterocycles. The van der Waals surface area contributed by atoms with Crippen LogP contribution in [0, 0.1) is 0 Å². The predicted octanol–water partition coefficient (Wildman–Crippen LogP) is 1.93. The number of para-hydroxylation sites is 1. The molecule has 1 heterocycles. The summed E-state index contributed by atoms with van der Waals surface area (Å²) in [5, 5.41) is 3.22. The summed E-state index contributed by atoms with van der Waals surface area (Å²) in [7, 11) is 1.69. The molecule has 2 aromatic rings. The van der Waals surface area contributed by atoms with E-state index in [1.165, 1.54) is 0 Å². The van der Waals surface area contributed by atoms with E-state index in [4.69, 9.17) is 4.74 Å². The summed E-state index contributed by atoms with van der Waals surface area (Å²) < 4.78 is 7.00. The van der Waals surface area contributed by atoms with Crippen molar-refractivity contribution in [3.05, 3.63) is 42.7 Å². The monoisotopic (exact) mass is 217 g/mol. The van der Waals surface area contributed by atoms with Crippen LogP contribution in [-0.2, 0) is 4.74 Å². The van der Waals surface area contributed by atoms with E-state index in [1.54, 1.807) is 13.3 Å². The van der Waals surface area contributed by atoms with Crippen molar-refractivity contribution >= 4 is 5.95 Å². The Kier molecular flexibility index (Phi) is 3.56. The average molecular weight is 217 g/mol. The van der Waals surface area contributed by atoms with Gasteiger partial charge in [-0.2, -0.15) is 0 Å². The van der Waals surface area contributed by atoms with Crippen molar-refractivity contribution in [2.24, 2.45) is 0 Å². The summed E-state index contributed by atoms with van der Waals surface area (Å²) in [6.45, 7) is 1.42. The summed E-state index contributed by atoms with van der Waals surface area (Å²) in [5.74, 6) is 0.836. The van der Waals surface area contributed by atoms with Crippen molar-refractivity contribution in [2.75, 3.05) is 25.6 Å². The van der Waals surface area contributed by atoms with Crippen LogP contribution in [0.25, 0.3) is 5.69 Å². The van der Waals surface area contributed by atoms with E-state index in [0.29, 0.717) is 6.61 Å². The van der Waals surface area contributed by atoms with Crippen molar-refractivity contribution in [2.45, 2.75) is 0 Å². The van der Waals surface area contributed by atoms with Crippen molar-refractivity contribution in [3.63, 3.8) is 0 Å². The fourth-order valence-corrected chi connectivity index (χ4v) is 1.50. The van der Waals surface area contributed by atoms with Crippen molar-refractivity contribution in [1.82, 2.24) is 9.55 Å². The highest BCUT2D eigenvalue weighted by Crippen LogP contribution is 2.13. The van der Waals surface area contributed by atoms with Crippen LogP contribution in [0.5, 0.6) is 0 Å². The highest BCUT2D eigenvalue weighted by atomic mass is 16.5. The molecule has 0 aliphatic rings. The van der Waals surface area contributed by atoms with E-state index in [-0.39, 0.29) is 0 Å². The largest absolute Gasteiger partial charge is 0.383 e. The second-order valence-electron chi connectivity index (χ2n) is 3.38. The molecule has 0 spiro atoms. The van der Waals surface area contributed by atoms with Gasteiger partial charge in [0.1, 0.15) is 0 Å². The second kappa shape index (κ2) is 5.32. The summed E-state index contributed by atoms with van der Waals surface area (Å²) in [4.78, 5) is 4.26. The van der Waals surface area contributed by atoms with Crippen LogP contribution in [0.4, 0.5) is 5.95 Å². The van der Waals surface area contributed by atoms with Gasteiger partial charge in [0.25, 0.3) is 0 Å². The molecular formula is C12H15N3O. The van der Waals surface area contributed by atoms with Crippen LogP contribution < -0.4 is 5.32 Å².